The van der Waals surface area contributed by atoms with Crippen molar-refractivity contribution in [2.75, 3.05) is 5.73 Å². The summed E-state index contributed by atoms with van der Waals surface area (Å²) in [6.07, 6.45) is 1.69. The molecule has 0 saturated carbocycles. The van der Waals surface area contributed by atoms with Gasteiger partial charge in [-0.1, -0.05) is 12.1 Å². The van der Waals surface area contributed by atoms with E-state index in [4.69, 9.17) is 5.73 Å². The molecule has 3 N–H and O–H groups in total. The van der Waals surface area contributed by atoms with Gasteiger partial charge in [-0.15, -0.1) is 22.7 Å². The van der Waals surface area contributed by atoms with Crippen LogP contribution in [0.4, 0.5) is 5.82 Å². The Labute approximate surface area is 122 Å². The highest BCUT2D eigenvalue weighted by Crippen LogP contribution is 2.34. The van der Waals surface area contributed by atoms with Gasteiger partial charge in [0.05, 0.1) is 22.0 Å². The average molecular weight is 299 g/mol. The molecule has 0 spiro atoms. The molecule has 0 radical (unpaired) electrons. The van der Waals surface area contributed by atoms with Gasteiger partial charge in [0.2, 0.25) is 0 Å². The van der Waals surface area contributed by atoms with E-state index in [9.17, 15) is 0 Å². The lowest BCUT2D eigenvalue weighted by Crippen LogP contribution is -1.87. The van der Waals surface area contributed by atoms with E-state index in [1.54, 1.807) is 28.9 Å². The van der Waals surface area contributed by atoms with Crippen LogP contribution in [0.25, 0.3) is 31.5 Å². The van der Waals surface area contributed by atoms with Crippen molar-refractivity contribution in [2.24, 2.45) is 0 Å². The number of anilines is 1. The highest BCUT2D eigenvalue weighted by Gasteiger charge is 2.13. The quantitative estimate of drug-likeness (QED) is 0.594. The number of nitrogens with two attached hydrogens (primary N) is 1. The molecule has 4 rings (SSSR count). The van der Waals surface area contributed by atoms with Crippen LogP contribution in [0.2, 0.25) is 0 Å². The number of nitrogens with one attached hydrogen (secondary N) is 1. The Hall–Kier alpha value is -2.25. The molecule has 3 heterocycles. The molecule has 0 saturated heterocycles. The maximum atomic E-state index is 5.82. The van der Waals surface area contributed by atoms with Crippen molar-refractivity contribution < 1.29 is 0 Å². The fraction of sp³-hybridized carbons (Fsp3) is 0. The van der Waals surface area contributed by atoms with E-state index in [2.05, 4.69) is 26.2 Å². The summed E-state index contributed by atoms with van der Waals surface area (Å²) in [4.78, 5) is 9.21. The van der Waals surface area contributed by atoms with Gasteiger partial charge in [-0.25, -0.2) is 9.97 Å². The third-order valence-electron chi connectivity index (χ3n) is 2.92. The predicted molar refractivity (Wildman–Crippen MR) is 82.7 cm³/mol. The number of aromatic amines is 1. The van der Waals surface area contributed by atoms with Crippen LogP contribution in [-0.4, -0.2) is 20.2 Å². The van der Waals surface area contributed by atoms with Crippen LogP contribution in [0.5, 0.6) is 0 Å². The maximum absolute atomic E-state index is 5.82. The highest BCUT2D eigenvalue weighted by molar-refractivity contribution is 7.22. The van der Waals surface area contributed by atoms with Crippen LogP contribution >= 0.6 is 22.7 Å². The molecule has 1 aromatic carbocycles. The van der Waals surface area contributed by atoms with Crippen LogP contribution in [-0.2, 0) is 0 Å². The van der Waals surface area contributed by atoms with Crippen molar-refractivity contribution in [2.45, 2.75) is 0 Å². The molecule has 4 aromatic rings. The van der Waals surface area contributed by atoms with Crippen LogP contribution in [0.3, 0.4) is 0 Å². The number of aromatic nitrogens is 4. The maximum Gasteiger partial charge on any atom is 0.144 e. The van der Waals surface area contributed by atoms with Gasteiger partial charge < -0.3 is 5.73 Å². The van der Waals surface area contributed by atoms with Crippen molar-refractivity contribution >= 4 is 38.7 Å². The topological polar surface area (TPSA) is 80.5 Å². The normalized spacial score (nSPS) is 11.2. The number of fused-ring (bicyclic) bond motifs is 1. The number of nitrogen functional groups attached to an aromatic ring is 1. The number of para-hydroxylation sites is 1. The summed E-state index contributed by atoms with van der Waals surface area (Å²) in [5.41, 5.74) is 8.54. The predicted octanol–water partition coefficient (Wildman–Crippen LogP) is 3.39. The van der Waals surface area contributed by atoms with E-state index in [1.165, 1.54) is 4.70 Å². The molecule has 98 valence electrons. The van der Waals surface area contributed by atoms with Gasteiger partial charge in [-0.2, -0.15) is 5.10 Å². The van der Waals surface area contributed by atoms with Crippen molar-refractivity contribution in [3.8, 4) is 21.3 Å². The summed E-state index contributed by atoms with van der Waals surface area (Å²) < 4.78 is 1.17. The largest absolute Gasteiger partial charge is 0.383 e. The Morgan fingerprint density at radius 1 is 1.10 bits per heavy atom. The molecule has 0 aliphatic carbocycles. The molecule has 0 atom stereocenters. The highest BCUT2D eigenvalue weighted by atomic mass is 32.1. The molecular weight excluding hydrogens is 290 g/mol. The van der Waals surface area contributed by atoms with E-state index in [0.29, 0.717) is 5.82 Å². The fourth-order valence-corrected chi connectivity index (χ4v) is 3.77. The molecule has 20 heavy (non-hydrogen) atoms. The molecule has 0 aliphatic heterocycles. The molecule has 0 unspecified atom stereocenters. The van der Waals surface area contributed by atoms with Gasteiger partial charge in [-0.05, 0) is 12.1 Å². The lowest BCUT2D eigenvalue weighted by molar-refractivity contribution is 1.10. The zero-order chi connectivity index (χ0) is 13.5. The number of hydrogen-bond acceptors (Lipinski definition) is 6. The van der Waals surface area contributed by atoms with Crippen molar-refractivity contribution in [1.82, 2.24) is 20.2 Å². The number of rotatable bonds is 2. The molecular formula is C13H9N5S2. The fourth-order valence-electron chi connectivity index (χ4n) is 1.94. The molecule has 3 aromatic heterocycles. The van der Waals surface area contributed by atoms with E-state index < -0.39 is 0 Å². The second kappa shape index (κ2) is 4.39. The van der Waals surface area contributed by atoms with Crippen LogP contribution in [0.1, 0.15) is 0 Å². The van der Waals surface area contributed by atoms with E-state index in [-0.39, 0.29) is 0 Å². The Morgan fingerprint density at radius 2 is 2.00 bits per heavy atom. The molecule has 0 bridgehead atoms. The number of benzene rings is 1. The van der Waals surface area contributed by atoms with Crippen LogP contribution < -0.4 is 5.73 Å². The minimum absolute atomic E-state index is 0.537. The first-order valence-electron chi connectivity index (χ1n) is 5.92. The van der Waals surface area contributed by atoms with Crippen LogP contribution in [0.15, 0.2) is 35.8 Å². The Bertz CT molecular complexity index is 856. The summed E-state index contributed by atoms with van der Waals surface area (Å²) in [5.74, 6) is 0.537. The Kier molecular flexibility index (Phi) is 2.54. The minimum Gasteiger partial charge on any atom is -0.383 e. The first-order chi connectivity index (χ1) is 9.81. The number of H-pyrrole nitrogens is 1. The minimum atomic E-state index is 0.537. The third-order valence-corrected chi connectivity index (χ3v) is 4.85. The standard InChI is InChI=1S/C13H9N5S2/c14-11-7(5-15-18-11)12-17-9(6-19-12)13-16-8-3-1-2-4-10(8)20-13/h1-6H,(H3,14,15,18). The van der Waals surface area contributed by atoms with Crippen LogP contribution in [0, 0.1) is 0 Å². The molecule has 0 amide bonds. The smallest absolute Gasteiger partial charge is 0.144 e. The number of hydrogen-bond donors (Lipinski definition) is 2. The van der Waals surface area contributed by atoms with Gasteiger partial charge in [0, 0.05) is 5.38 Å². The summed E-state index contributed by atoms with van der Waals surface area (Å²) >= 11 is 3.19. The van der Waals surface area contributed by atoms with Crippen molar-refractivity contribution in [3.05, 3.63) is 35.8 Å². The first kappa shape index (κ1) is 11.6. The zero-order valence-corrected chi connectivity index (χ0v) is 11.8. The number of thiazole rings is 2. The van der Waals surface area contributed by atoms with E-state index >= 15 is 0 Å². The summed E-state index contributed by atoms with van der Waals surface area (Å²) in [6, 6.07) is 8.09. The lowest BCUT2D eigenvalue weighted by Gasteiger charge is -1.91. The van der Waals surface area contributed by atoms with Gasteiger partial charge in [0.15, 0.2) is 0 Å². The monoisotopic (exact) mass is 299 g/mol. The zero-order valence-electron chi connectivity index (χ0n) is 10.2. The van der Waals surface area contributed by atoms with Gasteiger partial charge >= 0.3 is 0 Å². The van der Waals surface area contributed by atoms with Crippen molar-refractivity contribution in [1.29, 1.82) is 0 Å². The molecule has 0 aliphatic rings. The summed E-state index contributed by atoms with van der Waals surface area (Å²) in [7, 11) is 0. The summed E-state index contributed by atoms with van der Waals surface area (Å²) in [5, 5.41) is 10.4. The van der Waals surface area contributed by atoms with E-state index in [1.807, 2.05) is 23.6 Å². The lowest BCUT2D eigenvalue weighted by atomic mass is 10.3. The second-order valence-electron chi connectivity index (χ2n) is 4.22. The first-order valence-corrected chi connectivity index (χ1v) is 7.61. The SMILES string of the molecule is Nc1[nH]ncc1-c1nc(-c2nc3ccccc3s2)cs1. The van der Waals surface area contributed by atoms with Gasteiger partial charge in [0.25, 0.3) is 0 Å². The van der Waals surface area contributed by atoms with Crippen molar-refractivity contribution in [3.63, 3.8) is 0 Å². The van der Waals surface area contributed by atoms with Gasteiger partial charge in [0.1, 0.15) is 21.5 Å². The molecule has 7 heteroatoms. The Balaban J connectivity index is 1.80. The Morgan fingerprint density at radius 3 is 2.80 bits per heavy atom. The molecule has 5 nitrogen and oxygen atoms in total. The van der Waals surface area contributed by atoms with Gasteiger partial charge in [-0.3, -0.25) is 5.10 Å². The number of nitrogens with zero attached hydrogens (tertiary/aromatic N) is 3. The summed E-state index contributed by atoms with van der Waals surface area (Å²) in [6.45, 7) is 0. The average Bonchev–Trinajstić information content (AvgIpc) is 3.15. The second-order valence-corrected chi connectivity index (χ2v) is 6.11. The third kappa shape index (κ3) is 1.79. The van der Waals surface area contributed by atoms with E-state index in [0.717, 1.165) is 26.8 Å². The molecule has 0 fully saturated rings.